The molecule has 0 fully saturated rings. The van der Waals surface area contributed by atoms with Gasteiger partial charge >= 0.3 is 0 Å². The average molecular weight is 343 g/mol. The van der Waals surface area contributed by atoms with Crippen LogP contribution in [-0.4, -0.2) is 27.7 Å². The quantitative estimate of drug-likeness (QED) is 0.680. The molecule has 126 valence electrons. The van der Waals surface area contributed by atoms with Crippen LogP contribution in [0.25, 0.3) is 22.3 Å². The number of rotatable bonds is 6. The maximum Gasteiger partial charge on any atom is 0.183 e. The lowest BCUT2D eigenvalue weighted by atomic mass is 10.1. The molecule has 0 aliphatic carbocycles. The average Bonchev–Trinajstić information content (AvgIpc) is 3.00. The van der Waals surface area contributed by atoms with Gasteiger partial charge in [-0.05, 0) is 32.4 Å². The summed E-state index contributed by atoms with van der Waals surface area (Å²) in [6.07, 6.45) is 0.946. The van der Waals surface area contributed by atoms with Crippen molar-refractivity contribution in [1.82, 2.24) is 9.97 Å². The van der Waals surface area contributed by atoms with E-state index < -0.39 is 0 Å². The van der Waals surface area contributed by atoms with Crippen LogP contribution in [0.5, 0.6) is 11.5 Å². The van der Waals surface area contributed by atoms with Crippen molar-refractivity contribution in [2.24, 2.45) is 0 Å². The Hall–Kier alpha value is -2.34. The number of ether oxygens (including phenoxy) is 1. The number of nitrogens with zero attached hydrogens (tertiary/aromatic N) is 2. The number of nitrogens with one attached hydrogen (secondary N) is 1. The molecule has 2 aromatic heterocycles. The van der Waals surface area contributed by atoms with Crippen LogP contribution in [0, 0.1) is 0 Å². The van der Waals surface area contributed by atoms with Gasteiger partial charge in [-0.25, -0.2) is 9.97 Å². The van der Waals surface area contributed by atoms with Crippen molar-refractivity contribution < 1.29 is 9.84 Å². The van der Waals surface area contributed by atoms with Crippen molar-refractivity contribution in [3.05, 3.63) is 29.6 Å². The van der Waals surface area contributed by atoms with Crippen LogP contribution in [0.3, 0.4) is 0 Å². The van der Waals surface area contributed by atoms with Gasteiger partial charge in [0.1, 0.15) is 17.2 Å². The van der Waals surface area contributed by atoms with Crippen LogP contribution in [-0.2, 0) is 0 Å². The van der Waals surface area contributed by atoms with Crippen molar-refractivity contribution >= 4 is 27.4 Å². The molecule has 0 atom stereocenters. The number of thiazole rings is 1. The fourth-order valence-corrected chi connectivity index (χ4v) is 3.19. The number of aromatic nitrogens is 2. The van der Waals surface area contributed by atoms with Gasteiger partial charge < -0.3 is 15.2 Å². The van der Waals surface area contributed by atoms with Crippen molar-refractivity contribution in [2.45, 2.75) is 33.2 Å². The fourth-order valence-electron chi connectivity index (χ4n) is 2.34. The maximum atomic E-state index is 10.3. The zero-order chi connectivity index (χ0) is 17.1. The lowest BCUT2D eigenvalue weighted by Crippen LogP contribution is -2.09. The molecule has 2 heterocycles. The molecule has 0 saturated carbocycles. The van der Waals surface area contributed by atoms with E-state index in [1.54, 1.807) is 6.07 Å². The first kappa shape index (κ1) is 16.5. The van der Waals surface area contributed by atoms with Crippen molar-refractivity contribution in [1.29, 1.82) is 0 Å². The molecule has 0 radical (unpaired) electrons. The number of hydrogen-bond acceptors (Lipinski definition) is 6. The topological polar surface area (TPSA) is 67.3 Å². The first-order valence-electron chi connectivity index (χ1n) is 8.06. The summed E-state index contributed by atoms with van der Waals surface area (Å²) < 4.78 is 5.65. The van der Waals surface area contributed by atoms with Gasteiger partial charge in [0.2, 0.25) is 0 Å². The third-order valence-corrected chi connectivity index (χ3v) is 4.18. The number of pyridine rings is 1. The zero-order valence-corrected chi connectivity index (χ0v) is 14.9. The highest BCUT2D eigenvalue weighted by Crippen LogP contribution is 2.32. The minimum Gasteiger partial charge on any atom is -0.507 e. The van der Waals surface area contributed by atoms with Crippen molar-refractivity contribution in [3.8, 4) is 22.9 Å². The zero-order valence-electron chi connectivity index (χ0n) is 14.0. The summed E-state index contributed by atoms with van der Waals surface area (Å²) in [5, 5.41) is 17.1. The minimum atomic E-state index is 0.198. The highest BCUT2D eigenvalue weighted by molar-refractivity contribution is 7.14. The molecule has 0 amide bonds. The van der Waals surface area contributed by atoms with Crippen LogP contribution in [0.2, 0.25) is 0 Å². The van der Waals surface area contributed by atoms with Crippen LogP contribution < -0.4 is 10.1 Å². The second-order valence-electron chi connectivity index (χ2n) is 5.89. The lowest BCUT2D eigenvalue weighted by molar-refractivity contribution is 0.318. The summed E-state index contributed by atoms with van der Waals surface area (Å²) >= 11 is 1.53. The Kier molecular flexibility index (Phi) is 4.85. The second-order valence-corrected chi connectivity index (χ2v) is 6.75. The monoisotopic (exact) mass is 343 g/mol. The third kappa shape index (κ3) is 3.59. The van der Waals surface area contributed by atoms with Gasteiger partial charge in [0.15, 0.2) is 5.13 Å². The maximum absolute atomic E-state index is 10.3. The molecule has 24 heavy (non-hydrogen) atoms. The van der Waals surface area contributed by atoms with Crippen LogP contribution in [0.15, 0.2) is 29.6 Å². The van der Waals surface area contributed by atoms with Crippen LogP contribution >= 0.6 is 11.3 Å². The highest BCUT2D eigenvalue weighted by Gasteiger charge is 2.11. The van der Waals surface area contributed by atoms with Gasteiger partial charge in [0.25, 0.3) is 0 Å². The molecule has 5 nitrogen and oxygen atoms in total. The van der Waals surface area contributed by atoms with Gasteiger partial charge in [-0.2, -0.15) is 0 Å². The molecular weight excluding hydrogens is 322 g/mol. The van der Waals surface area contributed by atoms with Gasteiger partial charge in [0, 0.05) is 28.9 Å². The number of aromatic hydroxyl groups is 1. The van der Waals surface area contributed by atoms with Gasteiger partial charge in [0.05, 0.1) is 17.8 Å². The first-order chi connectivity index (χ1) is 11.6. The Morgan fingerprint density at radius 1 is 1.21 bits per heavy atom. The van der Waals surface area contributed by atoms with E-state index in [1.807, 2.05) is 23.6 Å². The fraction of sp³-hybridized carbons (Fsp3) is 0.333. The van der Waals surface area contributed by atoms with Crippen molar-refractivity contribution in [2.75, 3.05) is 11.9 Å². The van der Waals surface area contributed by atoms with Gasteiger partial charge in [-0.15, -0.1) is 11.3 Å². The summed E-state index contributed by atoms with van der Waals surface area (Å²) in [7, 11) is 0. The molecule has 6 heteroatoms. The van der Waals surface area contributed by atoms with Crippen LogP contribution in [0.1, 0.15) is 27.2 Å². The molecule has 0 unspecified atom stereocenters. The van der Waals surface area contributed by atoms with E-state index in [0.717, 1.165) is 23.0 Å². The Bertz CT molecular complexity index is 845. The first-order valence-corrected chi connectivity index (χ1v) is 8.93. The molecule has 0 spiro atoms. The Morgan fingerprint density at radius 2 is 2.04 bits per heavy atom. The van der Waals surface area contributed by atoms with E-state index in [4.69, 9.17) is 4.74 Å². The third-order valence-electron chi connectivity index (χ3n) is 3.41. The smallest absolute Gasteiger partial charge is 0.183 e. The predicted octanol–water partition coefficient (Wildman–Crippen LogP) is 4.67. The Labute approximate surface area is 145 Å². The molecule has 3 aromatic rings. The second kappa shape index (κ2) is 7.05. The summed E-state index contributed by atoms with van der Waals surface area (Å²) in [6.45, 7) is 6.86. The number of anilines is 1. The van der Waals surface area contributed by atoms with Crippen LogP contribution in [0.4, 0.5) is 5.13 Å². The van der Waals surface area contributed by atoms with Gasteiger partial charge in [-0.1, -0.05) is 6.92 Å². The standard InChI is InChI=1S/C18H21N3O2S/c1-4-7-23-12-5-6-13-14(8-12)20-15(9-17(13)22)16-10-24-18(21-16)19-11(2)3/h5-6,8-11H,4,7H2,1-3H3,(H,19,21)(H,20,22). The Balaban J connectivity index is 1.97. The van der Waals surface area contributed by atoms with E-state index in [0.29, 0.717) is 29.2 Å². The molecule has 0 aliphatic heterocycles. The van der Waals surface area contributed by atoms with E-state index >= 15 is 0 Å². The lowest BCUT2D eigenvalue weighted by Gasteiger charge is -2.08. The number of fused-ring (bicyclic) bond motifs is 1. The summed E-state index contributed by atoms with van der Waals surface area (Å²) in [4.78, 5) is 9.19. The normalized spacial score (nSPS) is 11.2. The van der Waals surface area contributed by atoms with Crippen molar-refractivity contribution in [3.63, 3.8) is 0 Å². The van der Waals surface area contributed by atoms with Gasteiger partial charge in [-0.3, -0.25) is 0 Å². The van der Waals surface area contributed by atoms with E-state index in [2.05, 4.69) is 36.1 Å². The van der Waals surface area contributed by atoms with E-state index in [9.17, 15) is 5.11 Å². The minimum absolute atomic E-state index is 0.198. The molecule has 3 rings (SSSR count). The summed E-state index contributed by atoms with van der Waals surface area (Å²) in [5.74, 6) is 0.956. The summed E-state index contributed by atoms with van der Waals surface area (Å²) in [5.41, 5.74) is 2.10. The number of benzene rings is 1. The highest BCUT2D eigenvalue weighted by atomic mass is 32.1. The molecule has 2 N–H and O–H groups in total. The van der Waals surface area contributed by atoms with E-state index in [-0.39, 0.29) is 5.75 Å². The summed E-state index contributed by atoms with van der Waals surface area (Å²) in [6, 6.07) is 7.52. The predicted molar refractivity (Wildman–Crippen MR) is 99.1 cm³/mol. The van der Waals surface area contributed by atoms with E-state index in [1.165, 1.54) is 11.3 Å². The molecule has 0 saturated heterocycles. The molecule has 0 bridgehead atoms. The number of hydrogen-bond donors (Lipinski definition) is 2. The molecule has 1 aromatic carbocycles. The largest absolute Gasteiger partial charge is 0.507 e. The SMILES string of the molecule is CCCOc1ccc2c(O)cc(-c3csc(NC(C)C)n3)nc2c1. The Morgan fingerprint density at radius 3 is 2.79 bits per heavy atom. The molecular formula is C18H21N3O2S. The molecule has 0 aliphatic rings.